The molecule has 0 aliphatic carbocycles. The second kappa shape index (κ2) is 4.96. The molecule has 1 unspecified atom stereocenters. The maximum absolute atomic E-state index is 5.49. The lowest BCUT2D eigenvalue weighted by Crippen LogP contribution is -2.28. The third-order valence-electron chi connectivity index (χ3n) is 2.68. The van der Waals surface area contributed by atoms with E-state index in [0.717, 1.165) is 17.8 Å². The fraction of sp³-hybridized carbons (Fsp3) is 0.545. The fourth-order valence-corrected chi connectivity index (χ4v) is 1.27. The van der Waals surface area contributed by atoms with Crippen LogP contribution < -0.4 is 10.6 Å². The van der Waals surface area contributed by atoms with Gasteiger partial charge in [-0.25, -0.2) is 0 Å². The molecule has 0 aliphatic heterocycles. The molecule has 0 saturated carbocycles. The predicted molar refractivity (Wildman–Crippen MR) is 60.3 cm³/mol. The van der Waals surface area contributed by atoms with Gasteiger partial charge in [-0.2, -0.15) is 0 Å². The van der Waals surface area contributed by atoms with E-state index < -0.39 is 0 Å². The van der Waals surface area contributed by atoms with Gasteiger partial charge < -0.3 is 10.6 Å². The zero-order valence-electron chi connectivity index (χ0n) is 9.20. The largest absolute Gasteiger partial charge is 0.371 e. The summed E-state index contributed by atoms with van der Waals surface area (Å²) in [6, 6.07) is 4.59. The van der Waals surface area contributed by atoms with Crippen LogP contribution in [0, 0.1) is 0 Å². The summed E-state index contributed by atoms with van der Waals surface area (Å²) in [6.07, 6.45) is 3.02. The third-order valence-corrected chi connectivity index (χ3v) is 2.68. The van der Waals surface area contributed by atoms with Crippen LogP contribution in [-0.2, 0) is 6.54 Å². The topological polar surface area (TPSA) is 42.1 Å². The summed E-state index contributed by atoms with van der Waals surface area (Å²) >= 11 is 0. The highest BCUT2D eigenvalue weighted by atomic mass is 15.1. The minimum Gasteiger partial charge on any atom is -0.371 e. The second-order valence-corrected chi connectivity index (χ2v) is 3.58. The van der Waals surface area contributed by atoms with Gasteiger partial charge >= 0.3 is 0 Å². The van der Waals surface area contributed by atoms with E-state index in [0.29, 0.717) is 12.6 Å². The lowest BCUT2D eigenvalue weighted by molar-refractivity contribution is 0.662. The summed E-state index contributed by atoms with van der Waals surface area (Å²) < 4.78 is 0. The Bertz CT molecular complexity index is 268. The Balaban J connectivity index is 2.75. The summed E-state index contributed by atoms with van der Waals surface area (Å²) in [7, 11) is 2.09. The van der Waals surface area contributed by atoms with Gasteiger partial charge in [0.2, 0.25) is 0 Å². The lowest BCUT2D eigenvalue weighted by Gasteiger charge is -2.25. The summed E-state index contributed by atoms with van der Waals surface area (Å²) in [5, 5.41) is 0. The predicted octanol–water partition coefficient (Wildman–Crippen LogP) is 1.77. The number of nitrogens with zero attached hydrogens (tertiary/aromatic N) is 2. The minimum atomic E-state index is 0.507. The Labute approximate surface area is 85.9 Å². The summed E-state index contributed by atoms with van der Waals surface area (Å²) in [5.74, 6) is 0. The Morgan fingerprint density at radius 2 is 2.21 bits per heavy atom. The zero-order valence-corrected chi connectivity index (χ0v) is 9.20. The highest BCUT2D eigenvalue weighted by molar-refractivity contribution is 5.44. The van der Waals surface area contributed by atoms with E-state index in [1.165, 1.54) is 0 Å². The molecule has 0 radical (unpaired) electrons. The van der Waals surface area contributed by atoms with Crippen LogP contribution in [0.25, 0.3) is 0 Å². The van der Waals surface area contributed by atoms with Crippen LogP contribution in [0.5, 0.6) is 0 Å². The van der Waals surface area contributed by atoms with Gasteiger partial charge in [0.05, 0.1) is 17.6 Å². The SMILES string of the molecule is CCC(C)N(C)c1ccc(CN)nc1. The Kier molecular flexibility index (Phi) is 3.89. The third kappa shape index (κ3) is 2.45. The Hall–Kier alpha value is -1.09. The molecule has 3 heteroatoms. The molecule has 0 aromatic carbocycles. The average Bonchev–Trinajstić information content (AvgIpc) is 2.27. The van der Waals surface area contributed by atoms with Gasteiger partial charge in [0.1, 0.15) is 0 Å². The molecule has 1 aromatic rings. The van der Waals surface area contributed by atoms with Crippen molar-refractivity contribution < 1.29 is 0 Å². The molecule has 0 fully saturated rings. The number of anilines is 1. The molecule has 0 bridgehead atoms. The molecule has 1 atom stereocenters. The van der Waals surface area contributed by atoms with Crippen molar-refractivity contribution in [2.45, 2.75) is 32.9 Å². The zero-order chi connectivity index (χ0) is 10.6. The molecular weight excluding hydrogens is 174 g/mol. The van der Waals surface area contributed by atoms with Crippen LogP contribution in [0.4, 0.5) is 5.69 Å². The van der Waals surface area contributed by atoms with E-state index in [9.17, 15) is 0 Å². The van der Waals surface area contributed by atoms with E-state index in [1.807, 2.05) is 12.3 Å². The Morgan fingerprint density at radius 1 is 1.50 bits per heavy atom. The van der Waals surface area contributed by atoms with Crippen molar-refractivity contribution in [3.05, 3.63) is 24.0 Å². The summed E-state index contributed by atoms with van der Waals surface area (Å²) in [5.41, 5.74) is 7.57. The molecule has 0 amide bonds. The maximum atomic E-state index is 5.49. The summed E-state index contributed by atoms with van der Waals surface area (Å²) in [6.45, 7) is 4.90. The quantitative estimate of drug-likeness (QED) is 0.792. The van der Waals surface area contributed by atoms with Crippen molar-refractivity contribution in [1.82, 2.24) is 4.98 Å². The first-order valence-electron chi connectivity index (χ1n) is 5.06. The van der Waals surface area contributed by atoms with E-state index in [2.05, 4.69) is 36.8 Å². The minimum absolute atomic E-state index is 0.507. The van der Waals surface area contributed by atoms with E-state index in [4.69, 9.17) is 5.73 Å². The number of nitrogens with two attached hydrogens (primary N) is 1. The first-order valence-corrected chi connectivity index (χ1v) is 5.06. The summed E-state index contributed by atoms with van der Waals surface area (Å²) in [4.78, 5) is 6.50. The molecular formula is C11H19N3. The molecule has 14 heavy (non-hydrogen) atoms. The van der Waals surface area contributed by atoms with Gasteiger partial charge in [0.15, 0.2) is 0 Å². The normalized spacial score (nSPS) is 12.6. The molecule has 78 valence electrons. The fourth-order valence-electron chi connectivity index (χ4n) is 1.27. The molecule has 3 nitrogen and oxygen atoms in total. The molecule has 2 N–H and O–H groups in total. The van der Waals surface area contributed by atoms with Crippen LogP contribution >= 0.6 is 0 Å². The van der Waals surface area contributed by atoms with Crippen molar-refractivity contribution in [2.24, 2.45) is 5.73 Å². The second-order valence-electron chi connectivity index (χ2n) is 3.58. The van der Waals surface area contributed by atoms with Gasteiger partial charge in [0, 0.05) is 19.6 Å². The van der Waals surface area contributed by atoms with Crippen LogP contribution in [0.15, 0.2) is 18.3 Å². The molecule has 1 rings (SSSR count). The van der Waals surface area contributed by atoms with Gasteiger partial charge in [-0.1, -0.05) is 6.92 Å². The van der Waals surface area contributed by atoms with Gasteiger partial charge in [-0.05, 0) is 25.5 Å². The average molecular weight is 193 g/mol. The first kappa shape index (κ1) is 11.0. The van der Waals surface area contributed by atoms with Crippen molar-refractivity contribution in [3.63, 3.8) is 0 Å². The van der Waals surface area contributed by atoms with E-state index in [-0.39, 0.29) is 0 Å². The Morgan fingerprint density at radius 3 is 2.64 bits per heavy atom. The van der Waals surface area contributed by atoms with Gasteiger partial charge in [-0.15, -0.1) is 0 Å². The molecule has 1 aromatic heterocycles. The number of hydrogen-bond acceptors (Lipinski definition) is 3. The van der Waals surface area contributed by atoms with Crippen LogP contribution in [-0.4, -0.2) is 18.1 Å². The van der Waals surface area contributed by atoms with Gasteiger partial charge in [-0.3, -0.25) is 4.98 Å². The van der Waals surface area contributed by atoms with Crippen LogP contribution in [0.2, 0.25) is 0 Å². The highest BCUT2D eigenvalue weighted by Gasteiger charge is 2.07. The molecule has 0 aliphatic rings. The van der Waals surface area contributed by atoms with Crippen LogP contribution in [0.1, 0.15) is 26.0 Å². The number of hydrogen-bond donors (Lipinski definition) is 1. The monoisotopic (exact) mass is 193 g/mol. The van der Waals surface area contributed by atoms with E-state index >= 15 is 0 Å². The molecule has 0 spiro atoms. The first-order chi connectivity index (χ1) is 6.69. The van der Waals surface area contributed by atoms with E-state index in [1.54, 1.807) is 0 Å². The number of pyridine rings is 1. The highest BCUT2D eigenvalue weighted by Crippen LogP contribution is 2.15. The van der Waals surface area contributed by atoms with Gasteiger partial charge in [0.25, 0.3) is 0 Å². The molecule has 1 heterocycles. The lowest BCUT2D eigenvalue weighted by atomic mass is 10.2. The van der Waals surface area contributed by atoms with Crippen molar-refractivity contribution in [2.75, 3.05) is 11.9 Å². The smallest absolute Gasteiger partial charge is 0.0552 e. The maximum Gasteiger partial charge on any atom is 0.0552 e. The van der Waals surface area contributed by atoms with Crippen LogP contribution in [0.3, 0.4) is 0 Å². The number of aromatic nitrogens is 1. The molecule has 0 saturated heterocycles. The van der Waals surface area contributed by atoms with Crippen molar-refractivity contribution in [3.8, 4) is 0 Å². The standard InChI is InChI=1S/C11H19N3/c1-4-9(2)14(3)11-6-5-10(7-12)13-8-11/h5-6,8-9H,4,7,12H2,1-3H3. The van der Waals surface area contributed by atoms with Crippen molar-refractivity contribution >= 4 is 5.69 Å². The van der Waals surface area contributed by atoms with Crippen molar-refractivity contribution in [1.29, 1.82) is 0 Å². The number of rotatable bonds is 4.